The number of nitrogens with zero attached hydrogens (tertiary/aromatic N) is 1. The fraction of sp³-hybridized carbons (Fsp3) is 0.172. The topological polar surface area (TPSA) is 59.4 Å². The molecule has 3 aromatic carbocycles. The summed E-state index contributed by atoms with van der Waals surface area (Å²) in [6.07, 6.45) is 2.61. The number of unbranched alkanes of at least 4 members (excludes halogenated alkanes) is 2. The van der Waals surface area contributed by atoms with Gasteiger partial charge >= 0.3 is 5.97 Å². The predicted octanol–water partition coefficient (Wildman–Crippen LogP) is 7.11. The summed E-state index contributed by atoms with van der Waals surface area (Å²) in [7, 11) is 0. The first-order chi connectivity index (χ1) is 16.2. The molecule has 1 aromatic heterocycles. The van der Waals surface area contributed by atoms with Gasteiger partial charge in [-0.05, 0) is 54.7 Å². The summed E-state index contributed by atoms with van der Waals surface area (Å²) < 4.78 is 5.83. The third-order valence-corrected chi connectivity index (χ3v) is 5.46. The van der Waals surface area contributed by atoms with Crippen molar-refractivity contribution in [2.24, 2.45) is 0 Å². The van der Waals surface area contributed by atoms with Gasteiger partial charge in [0.2, 0.25) is 0 Å². The third kappa shape index (κ3) is 6.30. The van der Waals surface area contributed by atoms with Gasteiger partial charge in [0, 0.05) is 17.5 Å². The van der Waals surface area contributed by atoms with Gasteiger partial charge < -0.3 is 9.84 Å². The highest BCUT2D eigenvalue weighted by Crippen LogP contribution is 2.31. The van der Waals surface area contributed by atoms with E-state index in [0.29, 0.717) is 13.0 Å². The van der Waals surface area contributed by atoms with E-state index in [1.165, 1.54) is 0 Å². The van der Waals surface area contributed by atoms with Gasteiger partial charge in [-0.25, -0.2) is 4.98 Å². The molecule has 1 N–H and O–H groups in total. The second-order valence-electron chi connectivity index (χ2n) is 7.94. The zero-order valence-electron chi connectivity index (χ0n) is 18.5. The number of carboxylic acids is 1. The van der Waals surface area contributed by atoms with Gasteiger partial charge in [-0.3, -0.25) is 4.79 Å². The second-order valence-corrected chi connectivity index (χ2v) is 7.94. The molecular formula is C29H27NO3. The van der Waals surface area contributed by atoms with Crippen LogP contribution in [-0.2, 0) is 4.79 Å². The lowest BCUT2D eigenvalue weighted by atomic mass is 10.00. The number of pyridine rings is 1. The minimum absolute atomic E-state index is 0.219. The molecule has 0 atom stereocenters. The molecule has 4 heteroatoms. The van der Waals surface area contributed by atoms with Crippen molar-refractivity contribution < 1.29 is 14.6 Å². The zero-order chi connectivity index (χ0) is 22.9. The number of benzene rings is 3. The zero-order valence-corrected chi connectivity index (χ0v) is 18.5. The highest BCUT2D eigenvalue weighted by atomic mass is 16.5. The number of hydrogen-bond donors (Lipinski definition) is 1. The van der Waals surface area contributed by atoms with Crippen LogP contribution in [0.4, 0.5) is 0 Å². The molecule has 0 amide bonds. The van der Waals surface area contributed by atoms with E-state index in [9.17, 15) is 4.79 Å². The van der Waals surface area contributed by atoms with Crippen LogP contribution in [0.3, 0.4) is 0 Å². The molecule has 0 fully saturated rings. The van der Waals surface area contributed by atoms with Gasteiger partial charge in [0.25, 0.3) is 0 Å². The van der Waals surface area contributed by atoms with E-state index in [1.54, 1.807) is 0 Å². The van der Waals surface area contributed by atoms with Crippen molar-refractivity contribution in [3.8, 4) is 39.4 Å². The van der Waals surface area contributed by atoms with E-state index in [2.05, 4.69) is 48.5 Å². The Morgan fingerprint density at radius 1 is 0.667 bits per heavy atom. The fourth-order valence-corrected chi connectivity index (χ4v) is 3.70. The quantitative estimate of drug-likeness (QED) is 0.269. The molecule has 0 spiro atoms. The summed E-state index contributed by atoms with van der Waals surface area (Å²) in [5.41, 5.74) is 6.24. The molecule has 166 valence electrons. The first-order valence-corrected chi connectivity index (χ1v) is 11.3. The number of hydrogen-bond acceptors (Lipinski definition) is 3. The predicted molar refractivity (Wildman–Crippen MR) is 132 cm³/mol. The van der Waals surface area contributed by atoms with Crippen LogP contribution in [0.25, 0.3) is 33.6 Å². The van der Waals surface area contributed by atoms with Gasteiger partial charge in [-0.1, -0.05) is 72.8 Å². The summed E-state index contributed by atoms with van der Waals surface area (Å²) in [6, 6.07) is 32.8. The lowest BCUT2D eigenvalue weighted by Crippen LogP contribution is -1.99. The normalized spacial score (nSPS) is 10.7. The summed E-state index contributed by atoms with van der Waals surface area (Å²) in [4.78, 5) is 15.5. The van der Waals surface area contributed by atoms with Gasteiger partial charge in [-0.15, -0.1) is 0 Å². The van der Waals surface area contributed by atoms with E-state index < -0.39 is 5.97 Å². The molecule has 4 aromatic rings. The average molecular weight is 438 g/mol. The van der Waals surface area contributed by atoms with E-state index in [-0.39, 0.29) is 6.42 Å². The van der Waals surface area contributed by atoms with Crippen molar-refractivity contribution in [1.29, 1.82) is 0 Å². The van der Waals surface area contributed by atoms with Gasteiger partial charge in [-0.2, -0.15) is 0 Å². The first-order valence-electron chi connectivity index (χ1n) is 11.3. The maximum Gasteiger partial charge on any atom is 0.303 e. The number of rotatable bonds is 10. The highest BCUT2D eigenvalue weighted by Gasteiger charge is 2.09. The van der Waals surface area contributed by atoms with Crippen LogP contribution in [0.2, 0.25) is 0 Å². The minimum atomic E-state index is -0.742. The van der Waals surface area contributed by atoms with Gasteiger partial charge in [0.15, 0.2) is 0 Å². The van der Waals surface area contributed by atoms with E-state index >= 15 is 0 Å². The number of aliphatic carboxylic acids is 1. The third-order valence-electron chi connectivity index (χ3n) is 5.46. The highest BCUT2D eigenvalue weighted by molar-refractivity contribution is 5.76. The maximum atomic E-state index is 10.6. The Morgan fingerprint density at radius 2 is 1.24 bits per heavy atom. The monoisotopic (exact) mass is 437 g/mol. The lowest BCUT2D eigenvalue weighted by molar-refractivity contribution is -0.137. The number of ether oxygens (including phenoxy) is 1. The number of aromatic nitrogens is 1. The van der Waals surface area contributed by atoms with Crippen LogP contribution in [0.5, 0.6) is 5.75 Å². The molecule has 1 heterocycles. The molecule has 0 radical (unpaired) electrons. The standard InChI is InChI=1S/C29H27NO3/c31-29(32)14-8-3-9-19-33-26-17-15-22(16-18-26)25-20-27(23-10-4-1-5-11-23)30-28(21-25)24-12-6-2-7-13-24/h1-2,4-7,10-13,15-18,20-21H,3,8-9,14,19H2,(H,31,32). The van der Waals surface area contributed by atoms with Gasteiger partial charge in [0.1, 0.15) is 5.75 Å². The van der Waals surface area contributed by atoms with Gasteiger partial charge in [0.05, 0.1) is 18.0 Å². The van der Waals surface area contributed by atoms with Crippen molar-refractivity contribution in [3.63, 3.8) is 0 Å². The molecule has 0 unspecified atom stereocenters. The average Bonchev–Trinajstić information content (AvgIpc) is 2.87. The first kappa shape index (κ1) is 22.3. The molecule has 4 rings (SSSR count). The smallest absolute Gasteiger partial charge is 0.303 e. The summed E-state index contributed by atoms with van der Waals surface area (Å²) in [6.45, 7) is 0.588. The Bertz CT molecular complexity index is 1110. The van der Waals surface area contributed by atoms with E-state index in [1.807, 2.05) is 48.5 Å². The lowest BCUT2D eigenvalue weighted by Gasteiger charge is -2.11. The largest absolute Gasteiger partial charge is 0.494 e. The molecule has 0 aliphatic heterocycles. The van der Waals surface area contributed by atoms with E-state index in [4.69, 9.17) is 14.8 Å². The molecule has 0 saturated heterocycles. The molecule has 33 heavy (non-hydrogen) atoms. The van der Waals surface area contributed by atoms with Crippen LogP contribution < -0.4 is 4.74 Å². The Hall–Kier alpha value is -3.92. The minimum Gasteiger partial charge on any atom is -0.494 e. The Kier molecular flexibility index (Phi) is 7.49. The van der Waals surface area contributed by atoms with Crippen LogP contribution in [0, 0.1) is 0 Å². The molecule has 4 nitrogen and oxygen atoms in total. The van der Waals surface area contributed by atoms with Crippen LogP contribution >= 0.6 is 0 Å². The van der Waals surface area contributed by atoms with Crippen molar-refractivity contribution in [1.82, 2.24) is 4.98 Å². The second kappa shape index (κ2) is 11.1. The summed E-state index contributed by atoms with van der Waals surface area (Å²) in [5.74, 6) is 0.0751. The van der Waals surface area contributed by atoms with Crippen molar-refractivity contribution in [3.05, 3.63) is 97.1 Å². The maximum absolute atomic E-state index is 10.6. The number of carboxylic acid groups (broad SMARTS) is 1. The SMILES string of the molecule is O=C(O)CCCCCOc1ccc(-c2cc(-c3ccccc3)nc(-c3ccccc3)c2)cc1. The molecular weight excluding hydrogens is 410 g/mol. The van der Waals surface area contributed by atoms with Crippen molar-refractivity contribution in [2.45, 2.75) is 25.7 Å². The molecule has 0 bridgehead atoms. The fourth-order valence-electron chi connectivity index (χ4n) is 3.70. The van der Waals surface area contributed by atoms with Crippen LogP contribution in [-0.4, -0.2) is 22.7 Å². The Labute approximate surface area is 194 Å². The Balaban J connectivity index is 1.52. The summed E-state index contributed by atoms with van der Waals surface area (Å²) in [5, 5.41) is 8.70. The molecule has 0 aliphatic rings. The van der Waals surface area contributed by atoms with Crippen molar-refractivity contribution in [2.75, 3.05) is 6.61 Å². The Morgan fingerprint density at radius 3 is 1.79 bits per heavy atom. The summed E-state index contributed by atoms with van der Waals surface area (Å²) >= 11 is 0. The van der Waals surface area contributed by atoms with Crippen LogP contribution in [0.15, 0.2) is 97.1 Å². The van der Waals surface area contributed by atoms with Crippen LogP contribution in [0.1, 0.15) is 25.7 Å². The van der Waals surface area contributed by atoms with E-state index in [0.717, 1.165) is 52.2 Å². The molecule has 0 aliphatic carbocycles. The van der Waals surface area contributed by atoms with Crippen molar-refractivity contribution >= 4 is 5.97 Å². The number of carbonyl (C=O) groups is 1. The molecule has 0 saturated carbocycles.